The fourth-order valence-electron chi connectivity index (χ4n) is 3.39. The fraction of sp³-hybridized carbons (Fsp3) is 0.160. The second kappa shape index (κ2) is 8.74. The zero-order chi connectivity index (χ0) is 20.9. The molecule has 4 aromatic rings. The van der Waals surface area contributed by atoms with Crippen molar-refractivity contribution in [3.63, 3.8) is 0 Å². The van der Waals surface area contributed by atoms with E-state index in [1.54, 1.807) is 35.5 Å². The second-order valence-electron chi connectivity index (χ2n) is 7.18. The highest BCUT2D eigenvalue weighted by atomic mass is 16.4. The molecule has 0 atom stereocenters. The molecule has 0 saturated heterocycles. The molecule has 0 unspecified atom stereocenters. The maximum Gasteiger partial charge on any atom is 0.349 e. The normalized spacial score (nSPS) is 10.8. The lowest BCUT2D eigenvalue weighted by molar-refractivity contribution is 0.0725. The van der Waals surface area contributed by atoms with Crippen molar-refractivity contribution in [3.05, 3.63) is 112 Å². The molecule has 2 heterocycles. The van der Waals surface area contributed by atoms with Gasteiger partial charge in [0.25, 0.3) is 5.91 Å². The van der Waals surface area contributed by atoms with Crippen LogP contribution in [0.5, 0.6) is 0 Å². The van der Waals surface area contributed by atoms with E-state index in [0.29, 0.717) is 24.1 Å². The Kier molecular flexibility index (Phi) is 5.70. The van der Waals surface area contributed by atoms with Crippen LogP contribution in [-0.4, -0.2) is 15.8 Å². The molecule has 0 bridgehead atoms. The molecule has 0 spiro atoms. The topological polar surface area (TPSA) is 63.4 Å². The molecule has 5 heteroatoms. The number of carbonyl (C=O) groups is 1. The standard InChI is InChI=1S/C25H22N2O3/c1-2-18-9-11-19(12-10-18)16-27(17-20-6-5-13-26-15-20)24(28)22-14-21-7-3-4-8-23(21)30-25(22)29/h3-15H,2,16-17H2,1H3. The van der Waals surface area contributed by atoms with Crippen LogP contribution in [0.2, 0.25) is 0 Å². The van der Waals surface area contributed by atoms with Crippen molar-refractivity contribution in [2.45, 2.75) is 26.4 Å². The summed E-state index contributed by atoms with van der Waals surface area (Å²) >= 11 is 0. The van der Waals surface area contributed by atoms with Crippen LogP contribution in [0.1, 0.15) is 34.0 Å². The van der Waals surface area contributed by atoms with Gasteiger partial charge in [-0.25, -0.2) is 4.79 Å². The van der Waals surface area contributed by atoms with E-state index in [1.165, 1.54) is 5.56 Å². The number of hydrogen-bond acceptors (Lipinski definition) is 4. The Hall–Kier alpha value is -3.73. The molecule has 0 N–H and O–H groups in total. The van der Waals surface area contributed by atoms with Crippen molar-refractivity contribution >= 4 is 16.9 Å². The van der Waals surface area contributed by atoms with Crippen LogP contribution in [-0.2, 0) is 19.5 Å². The van der Waals surface area contributed by atoms with Crippen molar-refractivity contribution in [2.75, 3.05) is 0 Å². The van der Waals surface area contributed by atoms with Gasteiger partial charge in [-0.2, -0.15) is 0 Å². The van der Waals surface area contributed by atoms with E-state index in [-0.39, 0.29) is 11.5 Å². The van der Waals surface area contributed by atoms with Gasteiger partial charge in [0, 0.05) is 30.9 Å². The molecule has 4 rings (SSSR count). The number of pyridine rings is 1. The van der Waals surface area contributed by atoms with Crippen molar-refractivity contribution < 1.29 is 9.21 Å². The summed E-state index contributed by atoms with van der Waals surface area (Å²) < 4.78 is 5.38. The zero-order valence-corrected chi connectivity index (χ0v) is 16.7. The molecular formula is C25H22N2O3. The lowest BCUT2D eigenvalue weighted by Crippen LogP contribution is -2.33. The van der Waals surface area contributed by atoms with Gasteiger partial charge in [0.05, 0.1) is 0 Å². The van der Waals surface area contributed by atoms with Crippen LogP contribution in [0.4, 0.5) is 0 Å². The SMILES string of the molecule is CCc1ccc(CN(Cc2cccnc2)C(=O)c2cc3ccccc3oc2=O)cc1. The number of carbonyl (C=O) groups excluding carboxylic acids is 1. The largest absolute Gasteiger partial charge is 0.422 e. The minimum absolute atomic E-state index is 0.0303. The van der Waals surface area contributed by atoms with Crippen LogP contribution in [0.15, 0.2) is 88.3 Å². The Bertz CT molecular complexity index is 1210. The molecule has 0 aliphatic rings. The number of aromatic nitrogens is 1. The molecule has 2 aromatic heterocycles. The number of nitrogens with zero attached hydrogens (tertiary/aromatic N) is 2. The van der Waals surface area contributed by atoms with Gasteiger partial charge in [-0.15, -0.1) is 0 Å². The molecule has 1 amide bonds. The zero-order valence-electron chi connectivity index (χ0n) is 16.7. The third-order valence-corrected chi connectivity index (χ3v) is 5.06. The lowest BCUT2D eigenvalue weighted by Gasteiger charge is -2.23. The van der Waals surface area contributed by atoms with Gasteiger partial charge in [0.15, 0.2) is 0 Å². The monoisotopic (exact) mass is 398 g/mol. The Balaban J connectivity index is 1.69. The van der Waals surface area contributed by atoms with Crippen LogP contribution in [0.3, 0.4) is 0 Å². The molecule has 0 saturated carbocycles. The molecule has 150 valence electrons. The van der Waals surface area contributed by atoms with Crippen molar-refractivity contribution in [3.8, 4) is 0 Å². The molecule has 0 aliphatic heterocycles. The first-order valence-corrected chi connectivity index (χ1v) is 9.93. The number of fused-ring (bicyclic) bond motifs is 1. The van der Waals surface area contributed by atoms with Crippen molar-refractivity contribution in [1.29, 1.82) is 0 Å². The fourth-order valence-corrected chi connectivity index (χ4v) is 3.39. The van der Waals surface area contributed by atoms with Gasteiger partial charge in [0.1, 0.15) is 11.1 Å². The van der Waals surface area contributed by atoms with Gasteiger partial charge in [-0.05, 0) is 41.3 Å². The van der Waals surface area contributed by atoms with Gasteiger partial charge < -0.3 is 9.32 Å². The molecule has 0 radical (unpaired) electrons. The third kappa shape index (κ3) is 4.30. The van der Waals surface area contributed by atoms with Gasteiger partial charge in [-0.3, -0.25) is 9.78 Å². The van der Waals surface area contributed by atoms with E-state index >= 15 is 0 Å². The number of para-hydroxylation sites is 1. The van der Waals surface area contributed by atoms with E-state index in [9.17, 15) is 9.59 Å². The van der Waals surface area contributed by atoms with E-state index < -0.39 is 5.63 Å². The maximum absolute atomic E-state index is 13.4. The molecule has 0 fully saturated rings. The molecule has 2 aromatic carbocycles. The van der Waals surface area contributed by atoms with Crippen LogP contribution >= 0.6 is 0 Å². The molecule has 0 aliphatic carbocycles. The van der Waals surface area contributed by atoms with Crippen molar-refractivity contribution in [1.82, 2.24) is 9.88 Å². The Morgan fingerprint density at radius 3 is 2.40 bits per heavy atom. The van der Waals surface area contributed by atoms with Crippen LogP contribution in [0.25, 0.3) is 11.0 Å². The smallest absolute Gasteiger partial charge is 0.349 e. The van der Waals surface area contributed by atoms with Gasteiger partial charge >= 0.3 is 5.63 Å². The predicted octanol–water partition coefficient (Wildman–Crippen LogP) is 4.59. The number of hydrogen-bond donors (Lipinski definition) is 0. The minimum atomic E-state index is -0.629. The molecule has 30 heavy (non-hydrogen) atoms. The third-order valence-electron chi connectivity index (χ3n) is 5.06. The summed E-state index contributed by atoms with van der Waals surface area (Å²) in [5.74, 6) is -0.363. The Labute approximate surface area is 174 Å². The van der Waals surface area contributed by atoms with E-state index in [4.69, 9.17) is 4.42 Å². The Morgan fingerprint density at radius 2 is 1.67 bits per heavy atom. The van der Waals surface area contributed by atoms with Crippen molar-refractivity contribution in [2.24, 2.45) is 0 Å². The van der Waals surface area contributed by atoms with Gasteiger partial charge in [-0.1, -0.05) is 55.5 Å². The number of rotatable bonds is 6. The highest BCUT2D eigenvalue weighted by Gasteiger charge is 2.21. The van der Waals surface area contributed by atoms with Crippen LogP contribution < -0.4 is 5.63 Å². The first-order valence-electron chi connectivity index (χ1n) is 9.93. The predicted molar refractivity (Wildman–Crippen MR) is 116 cm³/mol. The summed E-state index contributed by atoms with van der Waals surface area (Å²) in [6, 6.07) is 20.7. The maximum atomic E-state index is 13.4. The molecular weight excluding hydrogens is 376 g/mol. The van der Waals surface area contributed by atoms with E-state index in [1.807, 2.05) is 36.4 Å². The minimum Gasteiger partial charge on any atom is -0.422 e. The number of benzene rings is 2. The number of aryl methyl sites for hydroxylation is 1. The van der Waals surface area contributed by atoms with Gasteiger partial charge in [0.2, 0.25) is 0 Å². The summed E-state index contributed by atoms with van der Waals surface area (Å²) in [6.07, 6.45) is 4.37. The molecule has 5 nitrogen and oxygen atoms in total. The summed E-state index contributed by atoms with van der Waals surface area (Å²) in [5.41, 5.74) is 2.99. The van der Waals surface area contributed by atoms with E-state index in [0.717, 1.165) is 17.5 Å². The van der Waals surface area contributed by atoms with Crippen LogP contribution in [0, 0.1) is 0 Å². The lowest BCUT2D eigenvalue weighted by atomic mass is 10.1. The summed E-state index contributed by atoms with van der Waals surface area (Å²) in [4.78, 5) is 31.7. The first kappa shape index (κ1) is 19.6. The average Bonchev–Trinajstić information content (AvgIpc) is 2.79. The average molecular weight is 398 g/mol. The summed E-state index contributed by atoms with van der Waals surface area (Å²) in [5, 5.41) is 0.717. The highest BCUT2D eigenvalue weighted by molar-refractivity contribution is 5.96. The summed E-state index contributed by atoms with van der Waals surface area (Å²) in [7, 11) is 0. The second-order valence-corrected chi connectivity index (χ2v) is 7.18. The summed E-state index contributed by atoms with van der Waals surface area (Å²) in [6.45, 7) is 2.82. The number of amides is 1. The highest BCUT2D eigenvalue weighted by Crippen LogP contribution is 2.17. The van der Waals surface area contributed by atoms with E-state index in [2.05, 4.69) is 24.0 Å². The first-order chi connectivity index (χ1) is 14.6. The quantitative estimate of drug-likeness (QED) is 0.446. The Morgan fingerprint density at radius 1 is 0.933 bits per heavy atom.